The van der Waals surface area contributed by atoms with Gasteiger partial charge >= 0.3 is 5.97 Å². The Morgan fingerprint density at radius 3 is 2.65 bits per heavy atom. The number of hydrogen-bond donors (Lipinski definition) is 1. The van der Waals surface area contributed by atoms with Crippen LogP contribution in [0.15, 0.2) is 23.3 Å². The lowest BCUT2D eigenvalue weighted by molar-refractivity contribution is 0.0599. The molecule has 0 fully saturated rings. The Morgan fingerprint density at radius 2 is 2.15 bits per heavy atom. The Labute approximate surface area is 115 Å². The maximum Gasteiger partial charge on any atom is 0.339 e. The number of hydrogen-bond acceptors (Lipinski definition) is 5. The van der Waals surface area contributed by atoms with E-state index in [1.807, 2.05) is 0 Å². The number of carbonyl (C=O) groups excluding carboxylic acids is 1. The van der Waals surface area contributed by atoms with Crippen LogP contribution in [0.4, 0.5) is 0 Å². The molecule has 2 heterocycles. The van der Waals surface area contributed by atoms with Crippen molar-refractivity contribution in [2.24, 2.45) is 7.05 Å². The van der Waals surface area contributed by atoms with E-state index in [2.05, 4.69) is 9.84 Å². The van der Waals surface area contributed by atoms with Gasteiger partial charge in [0.05, 0.1) is 30.0 Å². The van der Waals surface area contributed by atoms with E-state index in [9.17, 15) is 14.7 Å². The second-order valence-electron chi connectivity index (χ2n) is 4.23. The van der Waals surface area contributed by atoms with Gasteiger partial charge in [-0.1, -0.05) is 0 Å². The third-order valence-electron chi connectivity index (χ3n) is 3.05. The minimum atomic E-state index is -0.545. The van der Waals surface area contributed by atoms with Crippen LogP contribution in [0, 0.1) is 0 Å². The number of pyridine rings is 1. The molecule has 0 spiro atoms. The van der Waals surface area contributed by atoms with Gasteiger partial charge in [-0.15, -0.1) is 0 Å². The molecular weight excluding hydrogens is 262 g/mol. The average molecular weight is 277 g/mol. The van der Waals surface area contributed by atoms with Crippen LogP contribution in [-0.4, -0.2) is 32.5 Å². The van der Waals surface area contributed by atoms with Crippen LogP contribution in [-0.2, 0) is 18.3 Å². The molecule has 0 aromatic carbocycles. The Morgan fingerprint density at radius 1 is 1.45 bits per heavy atom. The van der Waals surface area contributed by atoms with E-state index < -0.39 is 5.97 Å². The van der Waals surface area contributed by atoms with Crippen LogP contribution in [0.5, 0.6) is 5.88 Å². The Balaban J connectivity index is 2.72. The standard InChI is InChI=1S/C13H15N3O4/c1-4-16-7-8(13(19)20-3)5-9(12(16)18)10-6-14-15(2)11(10)17/h5-7,17H,4H2,1-3H3. The zero-order chi connectivity index (χ0) is 14.9. The fourth-order valence-electron chi connectivity index (χ4n) is 1.91. The molecule has 2 aromatic heterocycles. The molecule has 20 heavy (non-hydrogen) atoms. The molecule has 0 bridgehead atoms. The van der Waals surface area contributed by atoms with E-state index in [0.29, 0.717) is 6.54 Å². The average Bonchev–Trinajstić information content (AvgIpc) is 2.78. The van der Waals surface area contributed by atoms with Gasteiger partial charge in [0.2, 0.25) is 5.88 Å². The van der Waals surface area contributed by atoms with Crippen molar-refractivity contribution >= 4 is 5.97 Å². The largest absolute Gasteiger partial charge is 0.493 e. The molecule has 0 aliphatic rings. The van der Waals surface area contributed by atoms with Gasteiger partial charge in [-0.2, -0.15) is 5.10 Å². The molecule has 2 aromatic rings. The van der Waals surface area contributed by atoms with E-state index >= 15 is 0 Å². The summed E-state index contributed by atoms with van der Waals surface area (Å²) in [6, 6.07) is 1.40. The highest BCUT2D eigenvalue weighted by Crippen LogP contribution is 2.26. The molecule has 0 saturated heterocycles. The summed E-state index contributed by atoms with van der Waals surface area (Å²) in [6.07, 6.45) is 2.82. The smallest absolute Gasteiger partial charge is 0.339 e. The number of rotatable bonds is 3. The van der Waals surface area contributed by atoms with E-state index in [-0.39, 0.29) is 28.1 Å². The lowest BCUT2D eigenvalue weighted by Gasteiger charge is -2.08. The molecule has 2 rings (SSSR count). The van der Waals surface area contributed by atoms with Gasteiger partial charge in [0.15, 0.2) is 0 Å². The minimum absolute atomic E-state index is 0.133. The minimum Gasteiger partial charge on any atom is -0.493 e. The fourth-order valence-corrected chi connectivity index (χ4v) is 1.91. The number of nitrogens with zero attached hydrogens (tertiary/aromatic N) is 3. The predicted molar refractivity (Wildman–Crippen MR) is 71.6 cm³/mol. The molecule has 0 radical (unpaired) electrons. The van der Waals surface area contributed by atoms with Crippen molar-refractivity contribution in [3.05, 3.63) is 34.4 Å². The van der Waals surface area contributed by atoms with Crippen molar-refractivity contribution in [1.29, 1.82) is 0 Å². The molecule has 0 aliphatic carbocycles. The quantitative estimate of drug-likeness (QED) is 0.837. The molecule has 7 nitrogen and oxygen atoms in total. The number of aryl methyl sites for hydroxylation is 2. The highest BCUT2D eigenvalue weighted by Gasteiger charge is 2.17. The summed E-state index contributed by atoms with van der Waals surface area (Å²) in [5, 5.41) is 13.8. The van der Waals surface area contributed by atoms with Gasteiger partial charge in [0, 0.05) is 19.8 Å². The summed E-state index contributed by atoms with van der Waals surface area (Å²) >= 11 is 0. The molecule has 106 valence electrons. The molecule has 1 N–H and O–H groups in total. The number of aromatic nitrogens is 3. The Hall–Kier alpha value is -2.57. The second-order valence-corrected chi connectivity index (χ2v) is 4.23. The SMILES string of the molecule is CCn1cc(C(=O)OC)cc(-c2cnn(C)c2O)c1=O. The first-order valence-corrected chi connectivity index (χ1v) is 6.03. The first kappa shape index (κ1) is 13.9. The van der Waals surface area contributed by atoms with E-state index in [1.165, 1.54) is 34.8 Å². The van der Waals surface area contributed by atoms with E-state index in [4.69, 9.17) is 0 Å². The topological polar surface area (TPSA) is 86.3 Å². The zero-order valence-electron chi connectivity index (χ0n) is 11.5. The summed E-state index contributed by atoms with van der Waals surface area (Å²) in [6.45, 7) is 2.19. The maximum absolute atomic E-state index is 12.3. The number of aromatic hydroxyl groups is 1. The third kappa shape index (κ3) is 2.18. The summed E-state index contributed by atoms with van der Waals surface area (Å²) in [5.41, 5.74) is 0.432. The van der Waals surface area contributed by atoms with E-state index in [0.717, 1.165) is 0 Å². The first-order valence-electron chi connectivity index (χ1n) is 6.03. The van der Waals surface area contributed by atoms with Crippen molar-refractivity contribution in [2.75, 3.05) is 7.11 Å². The first-order chi connectivity index (χ1) is 9.49. The van der Waals surface area contributed by atoms with Crippen LogP contribution in [0.3, 0.4) is 0 Å². The van der Waals surface area contributed by atoms with Crippen molar-refractivity contribution in [3.8, 4) is 17.0 Å². The molecular formula is C13H15N3O4. The lowest BCUT2D eigenvalue weighted by atomic mass is 10.1. The number of esters is 1. The van der Waals surface area contributed by atoms with Crippen molar-refractivity contribution < 1.29 is 14.6 Å². The van der Waals surface area contributed by atoms with Gasteiger partial charge in [0.1, 0.15) is 0 Å². The molecule has 0 amide bonds. The van der Waals surface area contributed by atoms with Gasteiger partial charge in [-0.05, 0) is 13.0 Å². The molecule has 0 aliphatic heterocycles. The summed E-state index contributed by atoms with van der Waals surface area (Å²) in [5.74, 6) is -0.677. The highest BCUT2D eigenvalue weighted by atomic mass is 16.5. The summed E-state index contributed by atoms with van der Waals surface area (Å²) in [7, 11) is 2.83. The molecule has 0 unspecified atom stereocenters. The van der Waals surface area contributed by atoms with Gasteiger partial charge in [0.25, 0.3) is 5.56 Å². The number of carbonyl (C=O) groups is 1. The van der Waals surface area contributed by atoms with Gasteiger partial charge in [-0.3, -0.25) is 4.79 Å². The normalized spacial score (nSPS) is 10.6. The predicted octanol–water partition coefficient (Wildman–Crippen LogP) is 0.761. The zero-order valence-corrected chi connectivity index (χ0v) is 11.5. The summed E-state index contributed by atoms with van der Waals surface area (Å²) < 4.78 is 7.29. The molecule has 7 heteroatoms. The van der Waals surface area contributed by atoms with Crippen molar-refractivity contribution in [1.82, 2.24) is 14.3 Å². The second kappa shape index (κ2) is 5.20. The summed E-state index contributed by atoms with van der Waals surface area (Å²) in [4.78, 5) is 23.9. The van der Waals surface area contributed by atoms with Crippen LogP contribution >= 0.6 is 0 Å². The number of ether oxygens (including phenoxy) is 1. The monoisotopic (exact) mass is 277 g/mol. The van der Waals surface area contributed by atoms with Crippen LogP contribution in [0.25, 0.3) is 11.1 Å². The lowest BCUT2D eigenvalue weighted by Crippen LogP contribution is -2.22. The van der Waals surface area contributed by atoms with Gasteiger partial charge in [-0.25, -0.2) is 9.48 Å². The van der Waals surface area contributed by atoms with Crippen molar-refractivity contribution in [3.63, 3.8) is 0 Å². The molecule has 0 atom stereocenters. The highest BCUT2D eigenvalue weighted by molar-refractivity contribution is 5.90. The Kier molecular flexibility index (Phi) is 3.60. The Bertz CT molecular complexity index is 715. The molecule has 0 saturated carbocycles. The van der Waals surface area contributed by atoms with Crippen LogP contribution in [0.1, 0.15) is 17.3 Å². The fraction of sp³-hybridized carbons (Fsp3) is 0.308. The van der Waals surface area contributed by atoms with Crippen LogP contribution in [0.2, 0.25) is 0 Å². The number of methoxy groups -OCH3 is 1. The van der Waals surface area contributed by atoms with E-state index in [1.54, 1.807) is 14.0 Å². The third-order valence-corrected chi connectivity index (χ3v) is 3.05. The van der Waals surface area contributed by atoms with Crippen LogP contribution < -0.4 is 5.56 Å². The maximum atomic E-state index is 12.3. The van der Waals surface area contributed by atoms with Crippen molar-refractivity contribution in [2.45, 2.75) is 13.5 Å². The van der Waals surface area contributed by atoms with Gasteiger partial charge < -0.3 is 14.4 Å².